The molecule has 2 aromatic rings. The Morgan fingerprint density at radius 2 is 1.98 bits per heavy atom. The molecule has 41 heavy (non-hydrogen) atoms. The predicted octanol–water partition coefficient (Wildman–Crippen LogP) is 5.07. The lowest BCUT2D eigenvalue weighted by atomic mass is 9.83. The number of aryl methyl sites for hydroxylation is 1. The Hall–Kier alpha value is -3.04. The maximum absolute atomic E-state index is 14.6. The third-order valence-electron chi connectivity index (χ3n) is 9.86. The Bertz CT molecular complexity index is 1380. The SMILES string of the molecule is C=C1CCc2nn(-c3ccc(C4CCCC4)cc3O)c3c2C(C1)N(C(=O)C1CNC(C(F)(F)C(=C)C)CC1N)CC3. The number of nitrogens with two attached hydrogens (primary N) is 1. The van der Waals surface area contributed by atoms with Crippen LogP contribution in [0, 0.1) is 5.92 Å². The zero-order valence-corrected chi connectivity index (χ0v) is 23.8. The highest BCUT2D eigenvalue weighted by Gasteiger charge is 2.48. The molecule has 7 nitrogen and oxygen atoms in total. The molecule has 4 unspecified atom stereocenters. The number of hydrogen-bond donors (Lipinski definition) is 3. The number of hydrogen-bond acceptors (Lipinski definition) is 5. The third kappa shape index (κ3) is 4.91. The summed E-state index contributed by atoms with van der Waals surface area (Å²) in [7, 11) is 0. The summed E-state index contributed by atoms with van der Waals surface area (Å²) in [6.45, 7) is 9.58. The number of aromatic hydroxyl groups is 1. The van der Waals surface area contributed by atoms with Gasteiger partial charge >= 0.3 is 0 Å². The minimum atomic E-state index is -3.09. The van der Waals surface area contributed by atoms with Crippen molar-refractivity contribution in [3.05, 3.63) is 65.0 Å². The molecule has 0 radical (unpaired) electrons. The topological polar surface area (TPSA) is 96.4 Å². The van der Waals surface area contributed by atoms with Gasteiger partial charge in [0.05, 0.1) is 29.4 Å². The Kier molecular flexibility index (Phi) is 7.30. The number of aromatic nitrogens is 2. The first-order valence-electron chi connectivity index (χ1n) is 15.0. The van der Waals surface area contributed by atoms with E-state index in [1.807, 2.05) is 21.7 Å². The van der Waals surface area contributed by atoms with E-state index in [0.29, 0.717) is 31.0 Å². The van der Waals surface area contributed by atoms with E-state index in [4.69, 9.17) is 10.8 Å². The van der Waals surface area contributed by atoms with E-state index in [-0.39, 0.29) is 36.2 Å². The highest BCUT2D eigenvalue weighted by Crippen LogP contribution is 2.44. The van der Waals surface area contributed by atoms with Crippen molar-refractivity contribution in [3.8, 4) is 11.4 Å². The number of amides is 1. The normalized spacial score (nSPS) is 27.0. The van der Waals surface area contributed by atoms with Crippen LogP contribution in [0.4, 0.5) is 8.78 Å². The number of benzene rings is 1. The van der Waals surface area contributed by atoms with Crippen molar-refractivity contribution in [1.29, 1.82) is 0 Å². The molecule has 1 saturated carbocycles. The number of carbonyl (C=O) groups excluding carboxylic acids is 1. The van der Waals surface area contributed by atoms with Gasteiger partial charge in [-0.3, -0.25) is 4.79 Å². The number of carbonyl (C=O) groups is 1. The van der Waals surface area contributed by atoms with Crippen molar-refractivity contribution < 1.29 is 18.7 Å². The molecule has 1 saturated heterocycles. The molecule has 0 bridgehead atoms. The Balaban J connectivity index is 1.28. The summed E-state index contributed by atoms with van der Waals surface area (Å²) in [5.41, 5.74) is 12.1. The number of piperidine rings is 1. The van der Waals surface area contributed by atoms with Crippen LogP contribution in [0.5, 0.6) is 5.75 Å². The van der Waals surface area contributed by atoms with Crippen molar-refractivity contribution >= 4 is 5.91 Å². The van der Waals surface area contributed by atoms with Crippen LogP contribution in [0.15, 0.2) is 42.5 Å². The van der Waals surface area contributed by atoms with E-state index in [1.165, 1.54) is 25.3 Å². The minimum Gasteiger partial charge on any atom is -0.506 e. The Morgan fingerprint density at radius 1 is 1.22 bits per heavy atom. The average molecular weight is 566 g/mol. The lowest BCUT2D eigenvalue weighted by molar-refractivity contribution is -0.140. The third-order valence-corrected chi connectivity index (χ3v) is 9.86. The standard InChI is InChI=1S/C32H41F2N5O2/c1-18(2)32(33,34)29-16-23(35)22(17-36-29)31(41)38-13-12-26-30-24(10-8-19(3)14-27(30)38)37-39(26)25-11-9-21(15-28(25)40)20-6-4-5-7-20/h9,11,15,20,22-23,27,29,36,40H,1,3-8,10,12-14,16-17,35H2,2H3. The number of halogens is 2. The van der Waals surface area contributed by atoms with Gasteiger partial charge in [-0.2, -0.15) is 13.9 Å². The Labute approximate surface area is 240 Å². The summed E-state index contributed by atoms with van der Waals surface area (Å²) in [5.74, 6) is -3.08. The zero-order chi connectivity index (χ0) is 29.1. The molecule has 4 N–H and O–H groups in total. The Morgan fingerprint density at radius 3 is 2.66 bits per heavy atom. The molecule has 3 heterocycles. The molecule has 4 aliphatic rings. The van der Waals surface area contributed by atoms with Crippen LogP contribution in [0.2, 0.25) is 0 Å². The van der Waals surface area contributed by atoms with E-state index < -0.39 is 23.9 Å². The molecular formula is C32H41F2N5O2. The van der Waals surface area contributed by atoms with Crippen LogP contribution in [-0.2, 0) is 17.6 Å². The van der Waals surface area contributed by atoms with Crippen LogP contribution in [-0.4, -0.2) is 56.8 Å². The van der Waals surface area contributed by atoms with E-state index in [9.17, 15) is 18.7 Å². The molecule has 1 aromatic heterocycles. The van der Waals surface area contributed by atoms with Crippen molar-refractivity contribution in [3.63, 3.8) is 0 Å². The maximum Gasteiger partial charge on any atom is 0.283 e. The summed E-state index contributed by atoms with van der Waals surface area (Å²) in [6, 6.07) is 3.91. The van der Waals surface area contributed by atoms with Crippen LogP contribution in [0.1, 0.15) is 86.3 Å². The second-order valence-corrected chi connectivity index (χ2v) is 12.6. The fraction of sp³-hybridized carbons (Fsp3) is 0.562. The van der Waals surface area contributed by atoms with E-state index >= 15 is 0 Å². The maximum atomic E-state index is 14.6. The molecule has 0 spiro atoms. The fourth-order valence-corrected chi connectivity index (χ4v) is 7.44. The largest absolute Gasteiger partial charge is 0.506 e. The number of phenols is 1. The lowest BCUT2D eigenvalue weighted by Crippen LogP contribution is -2.61. The molecule has 220 valence electrons. The van der Waals surface area contributed by atoms with Gasteiger partial charge < -0.3 is 21.1 Å². The first-order chi connectivity index (χ1) is 19.6. The fourth-order valence-electron chi connectivity index (χ4n) is 7.44. The van der Waals surface area contributed by atoms with Gasteiger partial charge in [-0.1, -0.05) is 37.6 Å². The summed E-state index contributed by atoms with van der Waals surface area (Å²) in [6.07, 6.45) is 7.46. The van der Waals surface area contributed by atoms with Gasteiger partial charge in [0.15, 0.2) is 0 Å². The minimum absolute atomic E-state index is 0.00789. The monoisotopic (exact) mass is 565 g/mol. The predicted molar refractivity (Wildman–Crippen MR) is 154 cm³/mol. The number of phenolic OH excluding ortho intramolecular Hbond substituents is 1. The van der Waals surface area contributed by atoms with Gasteiger partial charge in [-0.05, 0) is 74.6 Å². The quantitative estimate of drug-likeness (QED) is 0.440. The number of nitrogens with one attached hydrogen (secondary N) is 1. The first kappa shape index (κ1) is 28.1. The van der Waals surface area contributed by atoms with Crippen molar-refractivity contribution in [1.82, 2.24) is 20.0 Å². The molecular weight excluding hydrogens is 524 g/mol. The molecule has 6 rings (SSSR count). The second kappa shape index (κ2) is 10.7. The van der Waals surface area contributed by atoms with Crippen LogP contribution in [0.3, 0.4) is 0 Å². The molecule has 1 aromatic carbocycles. The number of alkyl halides is 2. The molecule has 4 atom stereocenters. The molecule has 2 aliphatic carbocycles. The van der Waals surface area contributed by atoms with Gasteiger partial charge in [-0.25, -0.2) is 4.68 Å². The molecule has 9 heteroatoms. The second-order valence-electron chi connectivity index (χ2n) is 12.6. The smallest absolute Gasteiger partial charge is 0.283 e. The van der Waals surface area contributed by atoms with E-state index in [0.717, 1.165) is 48.2 Å². The van der Waals surface area contributed by atoms with Crippen molar-refractivity contribution in [2.24, 2.45) is 11.7 Å². The highest BCUT2D eigenvalue weighted by atomic mass is 19.3. The zero-order valence-electron chi connectivity index (χ0n) is 23.8. The van der Waals surface area contributed by atoms with E-state index in [1.54, 1.807) is 0 Å². The van der Waals surface area contributed by atoms with Gasteiger partial charge in [0, 0.05) is 31.1 Å². The van der Waals surface area contributed by atoms with Gasteiger partial charge in [0.2, 0.25) is 5.91 Å². The van der Waals surface area contributed by atoms with Gasteiger partial charge in [0.25, 0.3) is 5.92 Å². The van der Waals surface area contributed by atoms with Gasteiger partial charge in [0.1, 0.15) is 11.4 Å². The van der Waals surface area contributed by atoms with E-state index in [2.05, 4.69) is 24.5 Å². The van der Waals surface area contributed by atoms with Crippen LogP contribution >= 0.6 is 0 Å². The molecule has 1 amide bonds. The van der Waals surface area contributed by atoms with Crippen LogP contribution < -0.4 is 11.1 Å². The van der Waals surface area contributed by atoms with Crippen LogP contribution in [0.25, 0.3) is 5.69 Å². The molecule has 2 fully saturated rings. The summed E-state index contributed by atoms with van der Waals surface area (Å²) in [5, 5.41) is 19.0. The first-order valence-corrected chi connectivity index (χ1v) is 15.0. The van der Waals surface area contributed by atoms with Crippen molar-refractivity contribution in [2.45, 2.75) is 94.7 Å². The number of nitrogens with zero attached hydrogens (tertiary/aromatic N) is 3. The van der Waals surface area contributed by atoms with Gasteiger partial charge in [-0.15, -0.1) is 0 Å². The summed E-state index contributed by atoms with van der Waals surface area (Å²) < 4.78 is 31.1. The number of rotatable bonds is 5. The highest BCUT2D eigenvalue weighted by molar-refractivity contribution is 5.81. The average Bonchev–Trinajstić information content (AvgIpc) is 3.57. The lowest BCUT2D eigenvalue weighted by Gasteiger charge is -2.43. The van der Waals surface area contributed by atoms with Crippen molar-refractivity contribution in [2.75, 3.05) is 13.1 Å². The summed E-state index contributed by atoms with van der Waals surface area (Å²) >= 11 is 0. The molecule has 2 aliphatic heterocycles. The summed E-state index contributed by atoms with van der Waals surface area (Å²) in [4.78, 5) is 15.9.